The van der Waals surface area contributed by atoms with Crippen LogP contribution in [0.3, 0.4) is 0 Å². The molecule has 0 unspecified atom stereocenters. The van der Waals surface area contributed by atoms with Gasteiger partial charge in [0.05, 0.1) is 5.02 Å². The van der Waals surface area contributed by atoms with Crippen molar-refractivity contribution in [1.29, 1.82) is 0 Å². The summed E-state index contributed by atoms with van der Waals surface area (Å²) in [5.41, 5.74) is 5.78. The molecule has 0 atom stereocenters. The van der Waals surface area contributed by atoms with Crippen LogP contribution >= 0.6 is 11.6 Å². The number of aromatic nitrogens is 2. The van der Waals surface area contributed by atoms with E-state index >= 15 is 0 Å². The van der Waals surface area contributed by atoms with E-state index in [0.717, 1.165) is 16.8 Å². The van der Waals surface area contributed by atoms with Crippen molar-refractivity contribution >= 4 is 17.4 Å². The van der Waals surface area contributed by atoms with Crippen molar-refractivity contribution in [2.75, 3.05) is 0 Å². The van der Waals surface area contributed by atoms with Gasteiger partial charge < -0.3 is 0 Å². The normalized spacial score (nSPS) is 11.1. The summed E-state index contributed by atoms with van der Waals surface area (Å²) < 4.78 is 1.92. The van der Waals surface area contributed by atoms with Gasteiger partial charge in [-0.25, -0.2) is 4.98 Å². The number of ketones is 1. The first kappa shape index (κ1) is 20.1. The number of carbonyl (C=O) groups is 1. The maximum Gasteiger partial charge on any atom is 0.179 e. The Labute approximate surface area is 182 Å². The lowest BCUT2D eigenvalue weighted by Crippen LogP contribution is -1.96. The SMILES string of the molecule is CC(=O)c1cn(-c2ccc(-c3cccc(C(C)C)c3)cc2)c(-c2ccccc2Cl)n1. The van der Waals surface area contributed by atoms with Crippen LogP contribution in [0, 0.1) is 0 Å². The van der Waals surface area contributed by atoms with E-state index in [-0.39, 0.29) is 5.78 Å². The summed E-state index contributed by atoms with van der Waals surface area (Å²) in [7, 11) is 0. The maximum absolute atomic E-state index is 12.0. The summed E-state index contributed by atoms with van der Waals surface area (Å²) in [5.74, 6) is 1.06. The number of hydrogen-bond donors (Lipinski definition) is 0. The molecule has 0 N–H and O–H groups in total. The average Bonchev–Trinajstić information content (AvgIpc) is 3.20. The fourth-order valence-corrected chi connectivity index (χ4v) is 3.69. The van der Waals surface area contributed by atoms with E-state index in [1.54, 1.807) is 6.20 Å². The smallest absolute Gasteiger partial charge is 0.179 e. The standard InChI is InChI=1S/C26H23ClN2O/c1-17(2)20-7-6-8-21(15-20)19-11-13-22(14-12-19)29-16-25(18(3)30)28-26(29)23-9-4-5-10-24(23)27/h4-17H,1-3H3. The Morgan fingerprint density at radius 3 is 2.33 bits per heavy atom. The van der Waals surface area contributed by atoms with Crippen molar-refractivity contribution in [1.82, 2.24) is 9.55 Å². The Morgan fingerprint density at radius 1 is 0.933 bits per heavy atom. The molecule has 30 heavy (non-hydrogen) atoms. The molecular weight excluding hydrogens is 392 g/mol. The Morgan fingerprint density at radius 2 is 1.67 bits per heavy atom. The number of nitrogens with zero attached hydrogens (tertiary/aromatic N) is 2. The van der Waals surface area contributed by atoms with Gasteiger partial charge >= 0.3 is 0 Å². The molecule has 1 heterocycles. The highest BCUT2D eigenvalue weighted by atomic mass is 35.5. The Balaban J connectivity index is 1.77. The monoisotopic (exact) mass is 414 g/mol. The maximum atomic E-state index is 12.0. The number of imidazole rings is 1. The van der Waals surface area contributed by atoms with E-state index in [2.05, 4.69) is 55.2 Å². The zero-order chi connectivity index (χ0) is 21.3. The number of hydrogen-bond acceptors (Lipinski definition) is 2. The molecule has 3 nitrogen and oxygen atoms in total. The molecule has 1 aromatic heterocycles. The van der Waals surface area contributed by atoms with Crippen LogP contribution in [-0.4, -0.2) is 15.3 Å². The van der Waals surface area contributed by atoms with E-state index in [4.69, 9.17) is 11.6 Å². The molecule has 0 radical (unpaired) electrons. The molecule has 0 aliphatic rings. The van der Waals surface area contributed by atoms with Crippen LogP contribution in [0.1, 0.15) is 42.7 Å². The van der Waals surface area contributed by atoms with Gasteiger partial charge in [-0.2, -0.15) is 0 Å². The third kappa shape index (κ3) is 3.94. The number of Topliss-reactive ketones (excluding diaryl/α,β-unsaturated/α-hetero) is 1. The minimum atomic E-state index is -0.0795. The molecule has 0 saturated carbocycles. The molecule has 4 aromatic rings. The minimum Gasteiger partial charge on any atom is -0.299 e. The zero-order valence-electron chi connectivity index (χ0n) is 17.3. The summed E-state index contributed by atoms with van der Waals surface area (Å²) in [5, 5.41) is 0.599. The molecule has 0 saturated heterocycles. The summed E-state index contributed by atoms with van der Waals surface area (Å²) in [6.07, 6.45) is 1.77. The first-order valence-corrected chi connectivity index (χ1v) is 10.4. The molecule has 3 aromatic carbocycles. The highest BCUT2D eigenvalue weighted by Gasteiger charge is 2.16. The topological polar surface area (TPSA) is 34.9 Å². The Hall–Kier alpha value is -3.17. The summed E-state index contributed by atoms with van der Waals surface area (Å²) in [6.45, 7) is 5.92. The quantitative estimate of drug-likeness (QED) is 0.324. The lowest BCUT2D eigenvalue weighted by Gasteiger charge is -2.11. The zero-order valence-corrected chi connectivity index (χ0v) is 18.0. The van der Waals surface area contributed by atoms with Gasteiger partial charge in [-0.15, -0.1) is 0 Å². The predicted octanol–water partition coefficient (Wildman–Crippen LogP) is 7.19. The first-order valence-electron chi connectivity index (χ1n) is 10.00. The van der Waals surface area contributed by atoms with Gasteiger partial charge in [0.1, 0.15) is 11.5 Å². The molecule has 0 aliphatic heterocycles. The highest BCUT2D eigenvalue weighted by molar-refractivity contribution is 6.33. The number of benzene rings is 3. The second kappa shape index (κ2) is 8.29. The van der Waals surface area contributed by atoms with Crippen LogP contribution in [0.5, 0.6) is 0 Å². The first-order chi connectivity index (χ1) is 14.4. The van der Waals surface area contributed by atoms with Crippen molar-refractivity contribution in [2.24, 2.45) is 0 Å². The molecular formula is C26H23ClN2O. The van der Waals surface area contributed by atoms with Crippen LogP contribution in [0.25, 0.3) is 28.2 Å². The van der Waals surface area contributed by atoms with Crippen LogP contribution in [0.2, 0.25) is 5.02 Å². The number of carbonyl (C=O) groups excluding carboxylic acids is 1. The van der Waals surface area contributed by atoms with Crippen molar-refractivity contribution < 1.29 is 4.79 Å². The minimum absolute atomic E-state index is 0.0795. The van der Waals surface area contributed by atoms with Gasteiger partial charge in [-0.05, 0) is 46.9 Å². The van der Waals surface area contributed by atoms with Crippen molar-refractivity contribution in [2.45, 2.75) is 26.7 Å². The van der Waals surface area contributed by atoms with E-state index < -0.39 is 0 Å². The van der Waals surface area contributed by atoms with Crippen LogP contribution in [0.15, 0.2) is 79.0 Å². The molecule has 0 fully saturated rings. The Kier molecular flexibility index (Phi) is 5.56. The van der Waals surface area contributed by atoms with Crippen LogP contribution in [-0.2, 0) is 0 Å². The fourth-order valence-electron chi connectivity index (χ4n) is 3.47. The van der Waals surface area contributed by atoms with Gasteiger partial charge in [0.2, 0.25) is 0 Å². The fraction of sp³-hybridized carbons (Fsp3) is 0.154. The van der Waals surface area contributed by atoms with Gasteiger partial charge in [-0.1, -0.05) is 74.0 Å². The third-order valence-electron chi connectivity index (χ3n) is 5.21. The second-order valence-corrected chi connectivity index (χ2v) is 8.09. The highest BCUT2D eigenvalue weighted by Crippen LogP contribution is 2.30. The van der Waals surface area contributed by atoms with E-state index in [1.165, 1.54) is 18.1 Å². The molecule has 0 aliphatic carbocycles. The van der Waals surface area contributed by atoms with Crippen molar-refractivity contribution in [3.63, 3.8) is 0 Å². The Bertz CT molecular complexity index is 1210. The third-order valence-corrected chi connectivity index (χ3v) is 5.54. The largest absolute Gasteiger partial charge is 0.299 e. The van der Waals surface area contributed by atoms with Crippen molar-refractivity contribution in [3.8, 4) is 28.2 Å². The second-order valence-electron chi connectivity index (χ2n) is 7.68. The van der Waals surface area contributed by atoms with Crippen LogP contribution < -0.4 is 0 Å². The lowest BCUT2D eigenvalue weighted by molar-refractivity contribution is 0.101. The van der Waals surface area contributed by atoms with Crippen LogP contribution in [0.4, 0.5) is 0 Å². The number of halogens is 1. The molecule has 4 rings (SSSR count). The van der Waals surface area contributed by atoms with Gasteiger partial charge in [0.15, 0.2) is 5.78 Å². The number of rotatable bonds is 5. The van der Waals surface area contributed by atoms with Gasteiger partial charge in [0, 0.05) is 24.4 Å². The van der Waals surface area contributed by atoms with E-state index in [0.29, 0.717) is 22.5 Å². The molecule has 4 heteroatoms. The average molecular weight is 415 g/mol. The van der Waals surface area contributed by atoms with Gasteiger partial charge in [0.25, 0.3) is 0 Å². The summed E-state index contributed by atoms with van der Waals surface area (Å²) in [6, 6.07) is 24.4. The molecule has 150 valence electrons. The lowest BCUT2D eigenvalue weighted by atomic mass is 9.97. The van der Waals surface area contributed by atoms with E-state index in [9.17, 15) is 4.79 Å². The van der Waals surface area contributed by atoms with Crippen molar-refractivity contribution in [3.05, 3.63) is 95.3 Å². The van der Waals surface area contributed by atoms with E-state index in [1.807, 2.05) is 41.0 Å². The summed E-state index contributed by atoms with van der Waals surface area (Å²) >= 11 is 6.41. The molecule has 0 spiro atoms. The molecule has 0 amide bonds. The molecule has 0 bridgehead atoms. The predicted molar refractivity (Wildman–Crippen MR) is 124 cm³/mol. The van der Waals surface area contributed by atoms with Gasteiger partial charge in [-0.3, -0.25) is 9.36 Å². The summed E-state index contributed by atoms with van der Waals surface area (Å²) in [4.78, 5) is 16.5.